The third-order valence-corrected chi connectivity index (χ3v) is 5.96. The minimum Gasteiger partial charge on any atom is -0.121 e. The highest BCUT2D eigenvalue weighted by Gasteiger charge is 2.60. The van der Waals surface area contributed by atoms with E-state index in [1.54, 1.807) is 0 Å². The molecule has 3 heteroatoms. The number of rotatable bonds is 1. The molecule has 4 saturated carbocycles. The summed E-state index contributed by atoms with van der Waals surface area (Å²) in [4.78, 5) is 0. The van der Waals surface area contributed by atoms with Crippen molar-refractivity contribution in [1.29, 1.82) is 0 Å². The van der Waals surface area contributed by atoms with Gasteiger partial charge in [0.15, 0.2) is 5.16 Å². The Morgan fingerprint density at radius 3 is 1.69 bits per heavy atom. The Morgan fingerprint density at radius 1 is 1.00 bits per heavy atom. The zero-order valence-electron chi connectivity index (χ0n) is 7.91. The topological polar surface area (TPSA) is 43.1 Å². The Labute approximate surface area is 80.1 Å². The van der Waals surface area contributed by atoms with Gasteiger partial charge in [-0.05, 0) is 41.6 Å². The smallest absolute Gasteiger partial charge is 0.121 e. The molecule has 0 amide bonds. The lowest BCUT2D eigenvalue weighted by molar-refractivity contribution is 0.0344. The maximum absolute atomic E-state index is 11.6. The summed E-state index contributed by atoms with van der Waals surface area (Å²) < 4.78 is 11.6. The van der Waals surface area contributed by atoms with Crippen LogP contribution in [0.3, 0.4) is 0 Å². The quantitative estimate of drug-likeness (QED) is 0.658. The monoisotopic (exact) mass is 198 g/mol. The van der Waals surface area contributed by atoms with E-state index < -0.39 is 7.95 Å². The van der Waals surface area contributed by atoms with E-state index in [0.29, 0.717) is 0 Å². The van der Waals surface area contributed by atoms with Crippen molar-refractivity contribution in [2.45, 2.75) is 43.7 Å². The molecular weight excluding hydrogens is 181 g/mol. The number of nitrogens with two attached hydrogens (primary N) is 1. The van der Waals surface area contributed by atoms with Crippen LogP contribution in [0.1, 0.15) is 38.5 Å². The van der Waals surface area contributed by atoms with E-state index in [9.17, 15) is 4.57 Å². The lowest BCUT2D eigenvalue weighted by Gasteiger charge is -2.51. The fourth-order valence-corrected chi connectivity index (χ4v) is 5.65. The van der Waals surface area contributed by atoms with Gasteiger partial charge in [0.2, 0.25) is 0 Å². The maximum Gasteiger partial charge on any atom is 0.435 e. The number of hydrogen-bond acceptors (Lipinski definition) is 1. The SMILES string of the molecule is N[P+](=O)C12CC3CC(CC(C3)C1)C2. The van der Waals surface area contributed by atoms with Gasteiger partial charge < -0.3 is 0 Å². The van der Waals surface area contributed by atoms with Crippen LogP contribution in [-0.4, -0.2) is 5.16 Å². The molecule has 0 aliphatic heterocycles. The first-order valence-corrected chi connectivity index (χ1v) is 6.73. The van der Waals surface area contributed by atoms with Crippen LogP contribution in [0.25, 0.3) is 0 Å². The lowest BCUT2D eigenvalue weighted by atomic mass is 9.56. The van der Waals surface area contributed by atoms with E-state index in [1.165, 1.54) is 38.5 Å². The molecule has 0 radical (unpaired) electrons. The zero-order valence-corrected chi connectivity index (χ0v) is 8.80. The molecule has 0 spiro atoms. The van der Waals surface area contributed by atoms with Crippen LogP contribution in [-0.2, 0) is 4.57 Å². The summed E-state index contributed by atoms with van der Waals surface area (Å²) in [6.45, 7) is 0. The Bertz CT molecular complexity index is 228. The lowest BCUT2D eigenvalue weighted by Crippen LogP contribution is -2.49. The highest BCUT2D eigenvalue weighted by molar-refractivity contribution is 7.43. The summed E-state index contributed by atoms with van der Waals surface area (Å²) >= 11 is 0. The van der Waals surface area contributed by atoms with Gasteiger partial charge in [0.25, 0.3) is 0 Å². The van der Waals surface area contributed by atoms with Crippen LogP contribution in [0.15, 0.2) is 0 Å². The standard InChI is InChI=1S/C10H17NOP/c11-13(12)10-4-7-1-8(5-10)3-9(2-7)6-10/h7-9H,1-6H2,(H2,11,12)/q+1. The van der Waals surface area contributed by atoms with Crippen LogP contribution in [0.4, 0.5) is 0 Å². The summed E-state index contributed by atoms with van der Waals surface area (Å²) in [5.74, 6) is 2.61. The molecule has 1 atom stereocenters. The van der Waals surface area contributed by atoms with Gasteiger partial charge in [-0.15, -0.1) is 5.50 Å². The van der Waals surface area contributed by atoms with Crippen molar-refractivity contribution < 1.29 is 4.57 Å². The summed E-state index contributed by atoms with van der Waals surface area (Å²) in [5, 5.41) is 0.0874. The third kappa shape index (κ3) is 1.12. The molecule has 2 nitrogen and oxygen atoms in total. The van der Waals surface area contributed by atoms with Crippen LogP contribution in [0, 0.1) is 17.8 Å². The van der Waals surface area contributed by atoms with Crippen LogP contribution >= 0.6 is 7.95 Å². The van der Waals surface area contributed by atoms with Crippen molar-refractivity contribution in [1.82, 2.24) is 0 Å². The molecule has 0 heterocycles. The molecule has 4 aliphatic rings. The van der Waals surface area contributed by atoms with Crippen LogP contribution < -0.4 is 5.50 Å². The highest BCUT2D eigenvalue weighted by atomic mass is 31.1. The Hall–Kier alpha value is 0.0600. The minimum atomic E-state index is -1.42. The molecule has 4 aliphatic carbocycles. The number of hydrogen-bond donors (Lipinski definition) is 1. The summed E-state index contributed by atoms with van der Waals surface area (Å²) in [6, 6.07) is 0. The first-order chi connectivity index (χ1) is 6.18. The van der Waals surface area contributed by atoms with Crippen molar-refractivity contribution in [3.8, 4) is 0 Å². The fourth-order valence-electron chi connectivity index (χ4n) is 4.33. The van der Waals surface area contributed by atoms with Gasteiger partial charge in [0.05, 0.1) is 0 Å². The normalized spacial score (nSPS) is 53.9. The van der Waals surface area contributed by atoms with Gasteiger partial charge in [-0.25, -0.2) is 0 Å². The summed E-state index contributed by atoms with van der Waals surface area (Å²) in [7, 11) is -1.42. The molecule has 13 heavy (non-hydrogen) atoms. The van der Waals surface area contributed by atoms with E-state index in [2.05, 4.69) is 0 Å². The molecule has 2 N–H and O–H groups in total. The highest BCUT2D eigenvalue weighted by Crippen LogP contribution is 2.62. The van der Waals surface area contributed by atoms with Gasteiger partial charge in [-0.1, -0.05) is 0 Å². The second kappa shape index (κ2) is 2.55. The molecule has 0 aromatic rings. The zero-order chi connectivity index (χ0) is 9.05. The molecular formula is C10H17NOP+. The molecule has 0 aromatic carbocycles. The van der Waals surface area contributed by atoms with Gasteiger partial charge in [-0.3, -0.25) is 0 Å². The Kier molecular flexibility index (Phi) is 1.64. The molecule has 0 saturated heterocycles. The van der Waals surface area contributed by atoms with E-state index >= 15 is 0 Å². The van der Waals surface area contributed by atoms with Crippen molar-refractivity contribution in [2.24, 2.45) is 23.3 Å². The van der Waals surface area contributed by atoms with Gasteiger partial charge in [-0.2, -0.15) is 0 Å². The van der Waals surface area contributed by atoms with E-state index in [0.717, 1.165) is 17.8 Å². The minimum absolute atomic E-state index is 0.0874. The van der Waals surface area contributed by atoms with E-state index in [4.69, 9.17) is 5.50 Å². The van der Waals surface area contributed by atoms with E-state index in [1.807, 2.05) is 0 Å². The summed E-state index contributed by atoms with van der Waals surface area (Å²) in [6.07, 6.45) is 7.73. The molecule has 4 rings (SSSR count). The third-order valence-electron chi connectivity index (χ3n) is 4.47. The van der Waals surface area contributed by atoms with Crippen molar-refractivity contribution in [3.63, 3.8) is 0 Å². The Balaban J connectivity index is 1.95. The maximum atomic E-state index is 11.6. The van der Waals surface area contributed by atoms with E-state index in [-0.39, 0.29) is 5.16 Å². The molecule has 1 unspecified atom stereocenters. The molecule has 0 aromatic heterocycles. The first-order valence-electron chi connectivity index (χ1n) is 5.40. The fraction of sp³-hybridized carbons (Fsp3) is 1.00. The Morgan fingerprint density at radius 2 is 1.38 bits per heavy atom. The van der Waals surface area contributed by atoms with Gasteiger partial charge in [0.1, 0.15) is 0 Å². The largest absolute Gasteiger partial charge is 0.435 e. The molecule has 4 fully saturated rings. The average Bonchev–Trinajstić information content (AvgIpc) is 2.00. The predicted octanol–water partition coefficient (Wildman–Crippen LogP) is 2.66. The molecule has 4 bridgehead atoms. The van der Waals surface area contributed by atoms with Gasteiger partial charge in [0, 0.05) is 19.3 Å². The van der Waals surface area contributed by atoms with Crippen molar-refractivity contribution in [3.05, 3.63) is 0 Å². The first kappa shape index (κ1) is 8.38. The van der Waals surface area contributed by atoms with Crippen molar-refractivity contribution >= 4 is 7.95 Å². The molecule has 72 valence electrons. The predicted molar refractivity (Wildman–Crippen MR) is 52.7 cm³/mol. The van der Waals surface area contributed by atoms with Crippen molar-refractivity contribution in [2.75, 3.05) is 0 Å². The second-order valence-corrected chi connectivity index (χ2v) is 7.07. The van der Waals surface area contributed by atoms with Crippen LogP contribution in [0.2, 0.25) is 0 Å². The second-order valence-electron chi connectivity index (χ2n) is 5.47. The summed E-state index contributed by atoms with van der Waals surface area (Å²) in [5.41, 5.74) is 5.70. The van der Waals surface area contributed by atoms with Crippen LogP contribution in [0.5, 0.6) is 0 Å². The average molecular weight is 198 g/mol. The van der Waals surface area contributed by atoms with Gasteiger partial charge >= 0.3 is 7.95 Å².